The van der Waals surface area contributed by atoms with Crippen LogP contribution in [0.25, 0.3) is 0 Å². The predicted octanol–water partition coefficient (Wildman–Crippen LogP) is 3.95. The molecule has 0 aromatic heterocycles. The molecule has 2 N–H and O–H groups in total. The summed E-state index contributed by atoms with van der Waals surface area (Å²) in [6.45, 7) is 1.49. The van der Waals surface area contributed by atoms with Gasteiger partial charge in [0.1, 0.15) is 0 Å². The summed E-state index contributed by atoms with van der Waals surface area (Å²) in [4.78, 5) is 12.0. The van der Waals surface area contributed by atoms with Crippen molar-refractivity contribution in [2.45, 2.75) is 18.9 Å². The molecule has 3 rings (SSSR count). The summed E-state index contributed by atoms with van der Waals surface area (Å²) >= 11 is 0. The summed E-state index contributed by atoms with van der Waals surface area (Å²) in [7, 11) is 0. The van der Waals surface area contributed by atoms with E-state index in [1.54, 1.807) is 24.3 Å². The number of anilines is 2. The van der Waals surface area contributed by atoms with Gasteiger partial charge < -0.3 is 15.4 Å². The number of hydrogen-bond donors (Lipinski definition) is 2. The first kappa shape index (κ1) is 17.3. The molecule has 2 aromatic carbocycles. The van der Waals surface area contributed by atoms with Crippen LogP contribution in [0.3, 0.4) is 0 Å². The zero-order valence-electron chi connectivity index (χ0n) is 13.3. The fraction of sp³-hybridized carbons (Fsp3) is 0.278. The third-order valence-corrected chi connectivity index (χ3v) is 3.98. The van der Waals surface area contributed by atoms with Crippen LogP contribution in [0.5, 0.6) is 0 Å². The van der Waals surface area contributed by atoms with Crippen LogP contribution in [-0.4, -0.2) is 25.2 Å². The molecular weight excluding hydrogens is 333 g/mol. The lowest BCUT2D eigenvalue weighted by atomic mass is 10.1. The molecule has 1 fully saturated rings. The summed E-state index contributed by atoms with van der Waals surface area (Å²) in [5.74, 6) is -5.36. The van der Waals surface area contributed by atoms with Gasteiger partial charge in [-0.2, -0.15) is 0 Å². The van der Waals surface area contributed by atoms with E-state index in [0.29, 0.717) is 18.3 Å². The van der Waals surface area contributed by atoms with E-state index in [1.165, 1.54) is 0 Å². The molecule has 0 radical (unpaired) electrons. The van der Waals surface area contributed by atoms with Gasteiger partial charge in [-0.15, -0.1) is 0 Å². The normalized spacial score (nSPS) is 16.7. The second-order valence-corrected chi connectivity index (χ2v) is 5.77. The molecule has 7 heteroatoms. The first-order chi connectivity index (χ1) is 12.0. The van der Waals surface area contributed by atoms with Crippen molar-refractivity contribution < 1.29 is 22.7 Å². The van der Waals surface area contributed by atoms with E-state index < -0.39 is 28.9 Å². The lowest BCUT2D eigenvalue weighted by molar-refractivity contribution is 0.102. The van der Waals surface area contributed by atoms with E-state index >= 15 is 0 Å². The van der Waals surface area contributed by atoms with Gasteiger partial charge in [0.2, 0.25) is 0 Å². The van der Waals surface area contributed by atoms with Crippen LogP contribution in [0.2, 0.25) is 0 Å². The Labute approximate surface area is 143 Å². The Morgan fingerprint density at radius 2 is 1.76 bits per heavy atom. The molecule has 0 saturated carbocycles. The van der Waals surface area contributed by atoms with E-state index in [4.69, 9.17) is 4.74 Å². The molecule has 1 unspecified atom stereocenters. The summed E-state index contributed by atoms with van der Waals surface area (Å²) < 4.78 is 45.3. The number of nitrogens with one attached hydrogen (secondary N) is 2. The molecule has 1 amide bonds. The highest BCUT2D eigenvalue weighted by Crippen LogP contribution is 2.19. The molecule has 25 heavy (non-hydrogen) atoms. The maximum atomic E-state index is 13.6. The third-order valence-electron chi connectivity index (χ3n) is 3.98. The average molecular weight is 350 g/mol. The SMILES string of the molecule is O=C(Nc1ccc(NCC2CCCO2)cc1)c1ccc(F)c(F)c1F. The van der Waals surface area contributed by atoms with Crippen LogP contribution >= 0.6 is 0 Å². The van der Waals surface area contributed by atoms with Crippen LogP contribution in [-0.2, 0) is 4.74 Å². The molecule has 0 bridgehead atoms. The highest BCUT2D eigenvalue weighted by atomic mass is 19.2. The number of carbonyl (C=O) groups excluding carboxylic acids is 1. The minimum Gasteiger partial charge on any atom is -0.382 e. The van der Waals surface area contributed by atoms with Crippen molar-refractivity contribution in [1.82, 2.24) is 0 Å². The number of halogens is 3. The van der Waals surface area contributed by atoms with Crippen LogP contribution < -0.4 is 10.6 Å². The van der Waals surface area contributed by atoms with Crippen molar-refractivity contribution >= 4 is 17.3 Å². The lowest BCUT2D eigenvalue weighted by Gasteiger charge is -2.12. The molecule has 1 aliphatic heterocycles. The van der Waals surface area contributed by atoms with Gasteiger partial charge in [-0.25, -0.2) is 13.2 Å². The molecule has 1 aliphatic rings. The van der Waals surface area contributed by atoms with Crippen LogP contribution in [0.1, 0.15) is 23.2 Å². The average Bonchev–Trinajstić information content (AvgIpc) is 3.12. The lowest BCUT2D eigenvalue weighted by Crippen LogP contribution is -2.18. The molecule has 1 saturated heterocycles. The van der Waals surface area contributed by atoms with Gasteiger partial charge in [0, 0.05) is 24.5 Å². The second kappa shape index (κ2) is 7.57. The third kappa shape index (κ3) is 4.11. The first-order valence-corrected chi connectivity index (χ1v) is 7.95. The summed E-state index contributed by atoms with van der Waals surface area (Å²) in [5.41, 5.74) is 0.712. The smallest absolute Gasteiger partial charge is 0.258 e. The minimum absolute atomic E-state index is 0.204. The Morgan fingerprint density at radius 1 is 1.04 bits per heavy atom. The summed E-state index contributed by atoms with van der Waals surface area (Å²) in [6, 6.07) is 8.39. The van der Waals surface area contributed by atoms with Gasteiger partial charge in [-0.3, -0.25) is 4.79 Å². The van der Waals surface area contributed by atoms with E-state index in [0.717, 1.165) is 31.2 Å². The van der Waals surface area contributed by atoms with E-state index in [9.17, 15) is 18.0 Å². The highest BCUT2D eigenvalue weighted by Gasteiger charge is 2.19. The number of amides is 1. The molecule has 2 aromatic rings. The van der Waals surface area contributed by atoms with Gasteiger partial charge >= 0.3 is 0 Å². The first-order valence-electron chi connectivity index (χ1n) is 7.95. The van der Waals surface area contributed by atoms with Crippen LogP contribution in [0.15, 0.2) is 36.4 Å². The molecule has 0 aliphatic carbocycles. The standard InChI is InChI=1S/C18H17F3N2O2/c19-15-8-7-14(16(20)17(15)21)18(24)23-12-5-3-11(4-6-12)22-10-13-2-1-9-25-13/h3-8,13,22H,1-2,9-10H2,(H,23,24). The monoisotopic (exact) mass is 350 g/mol. The number of ether oxygens (including phenoxy) is 1. The van der Waals surface area contributed by atoms with E-state index in [-0.39, 0.29) is 6.10 Å². The van der Waals surface area contributed by atoms with Crippen molar-refractivity contribution in [2.75, 3.05) is 23.8 Å². The fourth-order valence-corrected chi connectivity index (χ4v) is 2.61. The molecular formula is C18H17F3N2O2. The van der Waals surface area contributed by atoms with Gasteiger partial charge in [-0.1, -0.05) is 0 Å². The van der Waals surface area contributed by atoms with Gasteiger partial charge in [0.25, 0.3) is 5.91 Å². The van der Waals surface area contributed by atoms with Crippen molar-refractivity contribution in [3.63, 3.8) is 0 Å². The maximum Gasteiger partial charge on any atom is 0.258 e. The number of rotatable bonds is 5. The zero-order chi connectivity index (χ0) is 17.8. The quantitative estimate of drug-likeness (QED) is 0.803. The van der Waals surface area contributed by atoms with Crippen molar-refractivity contribution in [3.8, 4) is 0 Å². The van der Waals surface area contributed by atoms with Crippen LogP contribution in [0.4, 0.5) is 24.5 Å². The number of benzene rings is 2. The predicted molar refractivity (Wildman–Crippen MR) is 88.2 cm³/mol. The fourth-order valence-electron chi connectivity index (χ4n) is 2.61. The van der Waals surface area contributed by atoms with Crippen molar-refractivity contribution in [3.05, 3.63) is 59.4 Å². The Hall–Kier alpha value is -2.54. The molecule has 0 spiro atoms. The molecule has 1 heterocycles. The molecule has 132 valence electrons. The topological polar surface area (TPSA) is 50.4 Å². The van der Waals surface area contributed by atoms with Gasteiger partial charge in [0.15, 0.2) is 17.5 Å². The Balaban J connectivity index is 1.61. The Bertz CT molecular complexity index is 760. The van der Waals surface area contributed by atoms with Crippen LogP contribution in [0, 0.1) is 17.5 Å². The van der Waals surface area contributed by atoms with Gasteiger partial charge in [-0.05, 0) is 49.2 Å². The summed E-state index contributed by atoms with van der Waals surface area (Å²) in [5, 5.41) is 5.68. The Kier molecular flexibility index (Phi) is 5.23. The van der Waals surface area contributed by atoms with E-state index in [1.807, 2.05) is 0 Å². The van der Waals surface area contributed by atoms with Crippen molar-refractivity contribution in [2.24, 2.45) is 0 Å². The summed E-state index contributed by atoms with van der Waals surface area (Å²) in [6.07, 6.45) is 2.30. The highest BCUT2D eigenvalue weighted by molar-refractivity contribution is 6.04. The maximum absolute atomic E-state index is 13.6. The number of carbonyl (C=O) groups is 1. The largest absolute Gasteiger partial charge is 0.382 e. The Morgan fingerprint density at radius 3 is 2.44 bits per heavy atom. The zero-order valence-corrected chi connectivity index (χ0v) is 13.3. The number of hydrogen-bond acceptors (Lipinski definition) is 3. The molecule has 1 atom stereocenters. The van der Waals surface area contributed by atoms with Gasteiger partial charge in [0.05, 0.1) is 11.7 Å². The second-order valence-electron chi connectivity index (χ2n) is 5.77. The molecule has 4 nitrogen and oxygen atoms in total. The van der Waals surface area contributed by atoms with Crippen molar-refractivity contribution in [1.29, 1.82) is 0 Å². The minimum atomic E-state index is -1.67. The van der Waals surface area contributed by atoms with E-state index in [2.05, 4.69) is 10.6 Å².